The van der Waals surface area contributed by atoms with Crippen LogP contribution in [0.2, 0.25) is 0 Å². The number of hydrogen-bond acceptors (Lipinski definition) is 6. The molecule has 0 fully saturated rings. The van der Waals surface area contributed by atoms with Crippen LogP contribution in [-0.2, 0) is 15.7 Å². The van der Waals surface area contributed by atoms with Crippen molar-refractivity contribution in [3.63, 3.8) is 0 Å². The molecular formula is C18H14BrF3N2O6. The summed E-state index contributed by atoms with van der Waals surface area (Å²) in [5, 5.41) is 12.7. The van der Waals surface area contributed by atoms with Gasteiger partial charge in [0.25, 0.3) is 11.6 Å². The number of methoxy groups -OCH3 is 1. The molecule has 12 heteroatoms. The van der Waals surface area contributed by atoms with Gasteiger partial charge in [-0.1, -0.05) is 0 Å². The Morgan fingerprint density at radius 3 is 2.43 bits per heavy atom. The molecule has 0 bridgehead atoms. The Balaban J connectivity index is 2.20. The highest BCUT2D eigenvalue weighted by atomic mass is 79.9. The van der Waals surface area contributed by atoms with Crippen molar-refractivity contribution in [3.8, 4) is 5.75 Å². The molecule has 0 aliphatic rings. The number of nitro benzene ring substituents is 1. The third kappa shape index (κ3) is 5.47. The Morgan fingerprint density at radius 2 is 1.87 bits per heavy atom. The number of amides is 1. The quantitative estimate of drug-likeness (QED) is 0.361. The van der Waals surface area contributed by atoms with Gasteiger partial charge in [-0.3, -0.25) is 14.9 Å². The van der Waals surface area contributed by atoms with Crippen LogP contribution in [0.4, 0.5) is 24.5 Å². The molecule has 0 radical (unpaired) electrons. The molecular weight excluding hydrogens is 477 g/mol. The average Bonchev–Trinajstić information content (AvgIpc) is 2.67. The summed E-state index contributed by atoms with van der Waals surface area (Å²) >= 11 is 3.15. The summed E-state index contributed by atoms with van der Waals surface area (Å²) in [5.74, 6) is -1.62. The highest BCUT2D eigenvalue weighted by Gasteiger charge is 2.36. The maximum atomic E-state index is 13.2. The van der Waals surface area contributed by atoms with Crippen LogP contribution in [0.3, 0.4) is 0 Å². The first-order valence-corrected chi connectivity index (χ1v) is 8.94. The van der Waals surface area contributed by atoms with E-state index in [1.807, 2.05) is 5.32 Å². The van der Waals surface area contributed by atoms with Gasteiger partial charge >= 0.3 is 12.1 Å². The minimum Gasteiger partial charge on any atom is -0.497 e. The summed E-state index contributed by atoms with van der Waals surface area (Å²) in [6.45, 7) is 1.17. The number of non-ortho nitro benzene ring substituents is 1. The molecule has 1 atom stereocenters. The lowest BCUT2D eigenvalue weighted by atomic mass is 10.1. The molecule has 1 amide bonds. The van der Waals surface area contributed by atoms with E-state index < -0.39 is 46.0 Å². The maximum Gasteiger partial charge on any atom is 0.418 e. The van der Waals surface area contributed by atoms with E-state index in [0.717, 1.165) is 12.1 Å². The Kier molecular flexibility index (Phi) is 7.03. The SMILES string of the molecule is COc1ccc(Br)c(C(=O)OC(C)C(=O)Nc2ccc([N+](=O)[O-])cc2C(F)(F)F)c1. The van der Waals surface area contributed by atoms with Crippen LogP contribution in [0, 0.1) is 10.1 Å². The lowest BCUT2D eigenvalue weighted by Crippen LogP contribution is -2.31. The van der Waals surface area contributed by atoms with Crippen molar-refractivity contribution in [1.29, 1.82) is 0 Å². The van der Waals surface area contributed by atoms with E-state index >= 15 is 0 Å². The van der Waals surface area contributed by atoms with Crippen molar-refractivity contribution in [1.82, 2.24) is 0 Å². The number of halogens is 4. The highest BCUT2D eigenvalue weighted by Crippen LogP contribution is 2.37. The predicted molar refractivity (Wildman–Crippen MR) is 102 cm³/mol. The summed E-state index contributed by atoms with van der Waals surface area (Å²) < 4.78 is 50.0. The van der Waals surface area contributed by atoms with Gasteiger partial charge < -0.3 is 14.8 Å². The number of anilines is 1. The minimum absolute atomic E-state index is 0.0420. The van der Waals surface area contributed by atoms with Crippen molar-refractivity contribution in [2.45, 2.75) is 19.2 Å². The first-order valence-electron chi connectivity index (χ1n) is 8.15. The van der Waals surface area contributed by atoms with Crippen molar-refractivity contribution in [3.05, 3.63) is 62.1 Å². The number of nitro groups is 1. The van der Waals surface area contributed by atoms with E-state index in [2.05, 4.69) is 15.9 Å². The van der Waals surface area contributed by atoms with E-state index in [0.29, 0.717) is 16.3 Å². The Bertz CT molecular complexity index is 996. The van der Waals surface area contributed by atoms with Crippen molar-refractivity contribution >= 4 is 39.2 Å². The highest BCUT2D eigenvalue weighted by molar-refractivity contribution is 9.10. The largest absolute Gasteiger partial charge is 0.497 e. The third-order valence-corrected chi connectivity index (χ3v) is 4.52. The van der Waals surface area contributed by atoms with E-state index in [4.69, 9.17) is 9.47 Å². The number of alkyl halides is 3. The summed E-state index contributed by atoms with van der Waals surface area (Å²) in [6, 6.07) is 6.33. The molecule has 30 heavy (non-hydrogen) atoms. The fourth-order valence-electron chi connectivity index (χ4n) is 2.29. The molecule has 2 aromatic carbocycles. The number of carbonyl (C=O) groups is 2. The zero-order valence-electron chi connectivity index (χ0n) is 15.5. The van der Waals surface area contributed by atoms with Crippen LogP contribution in [-0.4, -0.2) is 30.0 Å². The maximum absolute atomic E-state index is 13.2. The average molecular weight is 491 g/mol. The predicted octanol–water partition coefficient (Wildman–Crippen LogP) is 4.57. The molecule has 0 heterocycles. The molecule has 0 aromatic heterocycles. The molecule has 2 rings (SSSR count). The number of esters is 1. The second kappa shape index (κ2) is 9.11. The molecule has 0 aliphatic heterocycles. The zero-order chi connectivity index (χ0) is 22.6. The smallest absolute Gasteiger partial charge is 0.418 e. The van der Waals surface area contributed by atoms with E-state index in [-0.39, 0.29) is 5.56 Å². The molecule has 0 saturated heterocycles. The van der Waals surface area contributed by atoms with Crippen LogP contribution >= 0.6 is 15.9 Å². The normalized spacial score (nSPS) is 12.1. The van der Waals surface area contributed by atoms with E-state index in [1.54, 1.807) is 6.07 Å². The van der Waals surface area contributed by atoms with Crippen molar-refractivity contribution < 1.29 is 37.2 Å². The summed E-state index contributed by atoms with van der Waals surface area (Å²) in [7, 11) is 1.39. The van der Waals surface area contributed by atoms with Gasteiger partial charge in [-0.15, -0.1) is 0 Å². The number of benzene rings is 2. The van der Waals surface area contributed by atoms with Crippen molar-refractivity contribution in [2.24, 2.45) is 0 Å². The topological polar surface area (TPSA) is 108 Å². The number of hydrogen-bond donors (Lipinski definition) is 1. The van der Waals surface area contributed by atoms with E-state index in [1.165, 1.54) is 26.2 Å². The van der Waals surface area contributed by atoms with Gasteiger partial charge in [0, 0.05) is 16.6 Å². The van der Waals surface area contributed by atoms with Gasteiger partial charge in [-0.05, 0) is 47.1 Å². The van der Waals surface area contributed by atoms with Crippen LogP contribution in [0.25, 0.3) is 0 Å². The molecule has 0 aliphatic carbocycles. The molecule has 0 saturated carbocycles. The number of rotatable bonds is 6. The first kappa shape index (κ1) is 23.1. The van der Waals surface area contributed by atoms with Gasteiger partial charge in [-0.2, -0.15) is 13.2 Å². The minimum atomic E-state index is -4.96. The van der Waals surface area contributed by atoms with Crippen LogP contribution < -0.4 is 10.1 Å². The number of nitrogens with one attached hydrogen (secondary N) is 1. The standard InChI is InChI=1S/C18H14BrF3N2O6/c1-9(30-17(26)12-8-11(29-2)4-5-14(12)19)16(25)23-15-6-3-10(24(27)28)7-13(15)18(20,21)22/h3-9H,1-2H3,(H,23,25). The van der Waals surface area contributed by atoms with Crippen molar-refractivity contribution in [2.75, 3.05) is 12.4 Å². The number of ether oxygens (including phenoxy) is 2. The molecule has 8 nitrogen and oxygen atoms in total. The van der Waals surface area contributed by atoms with Gasteiger partial charge in [0.1, 0.15) is 5.75 Å². The summed E-state index contributed by atoms with van der Waals surface area (Å²) in [4.78, 5) is 34.3. The van der Waals surface area contributed by atoms with Crippen LogP contribution in [0.5, 0.6) is 5.75 Å². The Hall–Kier alpha value is -3.15. The second-order valence-corrected chi connectivity index (χ2v) is 6.72. The Morgan fingerprint density at radius 1 is 1.20 bits per heavy atom. The number of carbonyl (C=O) groups excluding carboxylic acids is 2. The Labute approximate surface area is 176 Å². The van der Waals surface area contributed by atoms with Gasteiger partial charge in [0.2, 0.25) is 0 Å². The molecule has 1 N–H and O–H groups in total. The lowest BCUT2D eigenvalue weighted by molar-refractivity contribution is -0.385. The van der Waals surface area contributed by atoms with Gasteiger partial charge in [-0.25, -0.2) is 4.79 Å². The molecule has 160 valence electrons. The van der Waals surface area contributed by atoms with Crippen LogP contribution in [0.15, 0.2) is 40.9 Å². The second-order valence-electron chi connectivity index (χ2n) is 5.87. The molecule has 2 aromatic rings. The van der Waals surface area contributed by atoms with Gasteiger partial charge in [0.05, 0.1) is 28.8 Å². The first-order chi connectivity index (χ1) is 13.9. The van der Waals surface area contributed by atoms with E-state index in [9.17, 15) is 32.9 Å². The molecule has 1 unspecified atom stereocenters. The molecule has 0 spiro atoms. The summed E-state index contributed by atoms with van der Waals surface area (Å²) in [5.41, 5.74) is -2.86. The monoisotopic (exact) mass is 490 g/mol. The third-order valence-electron chi connectivity index (χ3n) is 3.82. The fraction of sp³-hybridized carbons (Fsp3) is 0.222. The van der Waals surface area contributed by atoms with Crippen LogP contribution in [0.1, 0.15) is 22.8 Å². The summed E-state index contributed by atoms with van der Waals surface area (Å²) in [6.07, 6.45) is -6.42. The number of nitrogens with zero attached hydrogens (tertiary/aromatic N) is 1. The van der Waals surface area contributed by atoms with Gasteiger partial charge in [0.15, 0.2) is 6.10 Å². The zero-order valence-corrected chi connectivity index (χ0v) is 17.0. The fourth-order valence-corrected chi connectivity index (χ4v) is 2.70. The lowest BCUT2D eigenvalue weighted by Gasteiger charge is -2.17.